The molecule has 1 amide bonds. The zero-order valence-electron chi connectivity index (χ0n) is 16.0. The lowest BCUT2D eigenvalue weighted by atomic mass is 10.1. The highest BCUT2D eigenvalue weighted by Gasteiger charge is 2.26. The number of carbonyl (C=O) groups is 2. The third kappa shape index (κ3) is 4.16. The Kier molecular flexibility index (Phi) is 5.72. The Morgan fingerprint density at radius 2 is 1.50 bits per heavy atom. The second-order valence-electron chi connectivity index (χ2n) is 6.76. The Hall–Kier alpha value is -3.32. The average Bonchev–Trinajstić information content (AvgIpc) is 2.75. The minimum absolute atomic E-state index is 0.0539. The van der Waals surface area contributed by atoms with Gasteiger partial charge < -0.3 is 15.4 Å². The zero-order chi connectivity index (χ0) is 21.1. The van der Waals surface area contributed by atoms with Crippen molar-refractivity contribution in [1.29, 1.82) is 0 Å². The van der Waals surface area contributed by atoms with Gasteiger partial charge in [-0.2, -0.15) is 0 Å². The summed E-state index contributed by atoms with van der Waals surface area (Å²) in [6.45, 7) is 0.377. The highest BCUT2D eigenvalue weighted by molar-refractivity contribution is 7.99. The number of nitrogens with zero attached hydrogens (tertiary/aromatic N) is 1. The summed E-state index contributed by atoms with van der Waals surface area (Å²) in [5.41, 5.74) is 7.76. The van der Waals surface area contributed by atoms with Crippen molar-refractivity contribution in [1.82, 2.24) is 0 Å². The molecule has 0 aromatic heterocycles. The topological polar surface area (TPSA) is 72.6 Å². The predicted octanol–water partition coefficient (Wildman–Crippen LogP) is 4.59. The van der Waals surface area contributed by atoms with Crippen LogP contribution in [0, 0.1) is 5.82 Å². The van der Waals surface area contributed by atoms with Gasteiger partial charge in [0, 0.05) is 21.9 Å². The van der Waals surface area contributed by atoms with Crippen LogP contribution in [-0.2, 0) is 14.3 Å². The molecule has 0 bridgehead atoms. The van der Waals surface area contributed by atoms with E-state index in [0.717, 1.165) is 21.2 Å². The van der Waals surface area contributed by atoms with Crippen LogP contribution in [0.25, 0.3) is 0 Å². The molecule has 1 unspecified atom stereocenters. The summed E-state index contributed by atoms with van der Waals surface area (Å²) in [6.07, 6.45) is -1.20. The smallest absolute Gasteiger partial charge is 0.308 e. The Labute approximate surface area is 177 Å². The van der Waals surface area contributed by atoms with Crippen molar-refractivity contribution >= 4 is 35.0 Å². The van der Waals surface area contributed by atoms with Crippen LogP contribution in [0.1, 0.15) is 18.1 Å². The number of ether oxygens (including phenoxy) is 1. The van der Waals surface area contributed by atoms with Gasteiger partial charge in [0.25, 0.3) is 5.91 Å². The number of hydrogen-bond acceptors (Lipinski definition) is 5. The van der Waals surface area contributed by atoms with Crippen molar-refractivity contribution in [3.63, 3.8) is 0 Å². The maximum absolute atomic E-state index is 13.2. The number of esters is 1. The summed E-state index contributed by atoms with van der Waals surface area (Å²) in [6, 6.07) is 21.1. The molecule has 0 fully saturated rings. The van der Waals surface area contributed by atoms with Gasteiger partial charge in [-0.25, -0.2) is 4.39 Å². The summed E-state index contributed by atoms with van der Waals surface area (Å²) >= 11 is 1.68. The van der Waals surface area contributed by atoms with Crippen molar-refractivity contribution in [2.24, 2.45) is 5.73 Å². The number of carbonyl (C=O) groups excluding carboxylic acids is 2. The van der Waals surface area contributed by atoms with Crippen LogP contribution in [-0.4, -0.2) is 18.4 Å². The fraction of sp³-hybridized carbons (Fsp3) is 0.130. The van der Waals surface area contributed by atoms with Crippen molar-refractivity contribution < 1.29 is 18.7 Å². The van der Waals surface area contributed by atoms with Crippen LogP contribution in [0.4, 0.5) is 15.8 Å². The number of halogens is 1. The SMILES string of the molecule is NC(=O)C(OC(=O)CCN1c2ccccc2Sc2ccccc21)c1ccc(F)cc1. The molecule has 2 N–H and O–H groups in total. The summed E-state index contributed by atoms with van der Waals surface area (Å²) in [5.74, 6) is -1.81. The first kappa shape index (κ1) is 20.0. The van der Waals surface area contributed by atoms with E-state index in [9.17, 15) is 14.0 Å². The molecule has 4 rings (SSSR count). The minimum Gasteiger partial charge on any atom is -0.447 e. The monoisotopic (exact) mass is 422 g/mol. The number of hydrogen-bond donors (Lipinski definition) is 1. The zero-order valence-corrected chi connectivity index (χ0v) is 16.8. The third-order valence-electron chi connectivity index (χ3n) is 4.75. The van der Waals surface area contributed by atoms with Crippen LogP contribution in [0.5, 0.6) is 0 Å². The quantitative estimate of drug-likeness (QED) is 0.589. The van der Waals surface area contributed by atoms with Gasteiger partial charge in [-0.3, -0.25) is 9.59 Å². The van der Waals surface area contributed by atoms with E-state index in [1.165, 1.54) is 24.3 Å². The second kappa shape index (κ2) is 8.59. The molecule has 1 aliphatic heterocycles. The molecule has 1 atom stereocenters. The average molecular weight is 422 g/mol. The maximum Gasteiger partial charge on any atom is 0.308 e. The lowest BCUT2D eigenvalue weighted by Gasteiger charge is -2.32. The molecule has 0 saturated carbocycles. The van der Waals surface area contributed by atoms with Gasteiger partial charge in [-0.15, -0.1) is 0 Å². The Bertz CT molecular complexity index is 1040. The number of rotatable bonds is 6. The van der Waals surface area contributed by atoms with Gasteiger partial charge in [0.05, 0.1) is 17.8 Å². The van der Waals surface area contributed by atoms with E-state index in [1.54, 1.807) is 11.8 Å². The molecule has 0 saturated heterocycles. The van der Waals surface area contributed by atoms with E-state index in [0.29, 0.717) is 12.1 Å². The Balaban J connectivity index is 1.50. The number of amides is 1. The molecule has 0 radical (unpaired) electrons. The highest BCUT2D eigenvalue weighted by Crippen LogP contribution is 2.47. The largest absolute Gasteiger partial charge is 0.447 e. The number of primary amides is 1. The first-order valence-electron chi connectivity index (χ1n) is 9.40. The lowest BCUT2D eigenvalue weighted by Crippen LogP contribution is -2.28. The van der Waals surface area contributed by atoms with E-state index in [4.69, 9.17) is 10.5 Å². The molecule has 7 heteroatoms. The molecule has 0 spiro atoms. The van der Waals surface area contributed by atoms with Gasteiger partial charge in [0.2, 0.25) is 6.10 Å². The molecule has 3 aromatic carbocycles. The van der Waals surface area contributed by atoms with Gasteiger partial charge in [-0.1, -0.05) is 48.2 Å². The maximum atomic E-state index is 13.2. The molecular formula is C23H19FN2O3S. The molecule has 0 aliphatic carbocycles. The van der Waals surface area contributed by atoms with Gasteiger partial charge in [-0.05, 0) is 36.4 Å². The molecule has 1 heterocycles. The summed E-state index contributed by atoms with van der Waals surface area (Å²) < 4.78 is 18.5. The number of fused-ring (bicyclic) bond motifs is 2. The van der Waals surface area contributed by atoms with E-state index in [1.807, 2.05) is 48.5 Å². The van der Waals surface area contributed by atoms with Gasteiger partial charge >= 0.3 is 5.97 Å². The van der Waals surface area contributed by atoms with Crippen LogP contribution in [0.2, 0.25) is 0 Å². The second-order valence-corrected chi connectivity index (χ2v) is 7.85. The Morgan fingerprint density at radius 3 is 2.07 bits per heavy atom. The minimum atomic E-state index is -1.26. The summed E-state index contributed by atoms with van der Waals surface area (Å²) in [5, 5.41) is 0. The van der Waals surface area contributed by atoms with E-state index >= 15 is 0 Å². The van der Waals surface area contributed by atoms with Crippen LogP contribution < -0.4 is 10.6 Å². The summed E-state index contributed by atoms with van der Waals surface area (Å²) in [7, 11) is 0. The normalized spacial score (nSPS) is 13.2. The molecule has 1 aliphatic rings. The molecular weight excluding hydrogens is 403 g/mol. The highest BCUT2D eigenvalue weighted by atomic mass is 32.2. The van der Waals surface area contributed by atoms with Crippen molar-refractivity contribution in [3.8, 4) is 0 Å². The number of anilines is 2. The van der Waals surface area contributed by atoms with E-state index in [2.05, 4.69) is 4.90 Å². The van der Waals surface area contributed by atoms with Crippen molar-refractivity contribution in [2.45, 2.75) is 22.3 Å². The van der Waals surface area contributed by atoms with Gasteiger partial charge in [0.1, 0.15) is 5.82 Å². The first-order chi connectivity index (χ1) is 14.5. The molecule has 30 heavy (non-hydrogen) atoms. The number of nitrogens with two attached hydrogens (primary N) is 1. The summed E-state index contributed by atoms with van der Waals surface area (Å²) in [4.78, 5) is 28.6. The van der Waals surface area contributed by atoms with Crippen LogP contribution >= 0.6 is 11.8 Å². The molecule has 3 aromatic rings. The lowest BCUT2D eigenvalue weighted by molar-refractivity contribution is -0.155. The van der Waals surface area contributed by atoms with Crippen molar-refractivity contribution in [2.75, 3.05) is 11.4 Å². The number of benzene rings is 3. The fourth-order valence-corrected chi connectivity index (χ4v) is 4.44. The first-order valence-corrected chi connectivity index (χ1v) is 10.2. The molecule has 5 nitrogen and oxygen atoms in total. The van der Waals surface area contributed by atoms with E-state index in [-0.39, 0.29) is 6.42 Å². The standard InChI is InChI=1S/C23H19FN2O3S/c24-16-11-9-15(10-12-16)22(23(25)28)29-21(27)13-14-26-17-5-1-3-7-19(17)30-20-8-4-2-6-18(20)26/h1-12,22H,13-14H2,(H2,25,28). The number of para-hydroxylation sites is 2. The molecule has 152 valence electrons. The van der Waals surface area contributed by atoms with Gasteiger partial charge in [0.15, 0.2) is 0 Å². The van der Waals surface area contributed by atoms with Crippen LogP contribution in [0.3, 0.4) is 0 Å². The van der Waals surface area contributed by atoms with Crippen molar-refractivity contribution in [3.05, 3.63) is 84.2 Å². The Morgan fingerprint density at radius 1 is 0.933 bits per heavy atom. The predicted molar refractivity (Wildman–Crippen MR) is 113 cm³/mol. The third-order valence-corrected chi connectivity index (χ3v) is 5.88. The van der Waals surface area contributed by atoms with E-state index < -0.39 is 23.8 Å². The van der Waals surface area contributed by atoms with Crippen LogP contribution in [0.15, 0.2) is 82.6 Å². The fourth-order valence-electron chi connectivity index (χ4n) is 3.34.